The number of aliphatic hydroxyl groups excluding tert-OH is 2. The van der Waals surface area contributed by atoms with Crippen LogP contribution in [0.3, 0.4) is 0 Å². The van der Waals surface area contributed by atoms with Crippen molar-refractivity contribution in [1.82, 2.24) is 0 Å². The summed E-state index contributed by atoms with van der Waals surface area (Å²) < 4.78 is 0. The molecule has 0 saturated carbocycles. The molecule has 0 fully saturated rings. The van der Waals surface area contributed by atoms with Gasteiger partial charge >= 0.3 is 11.9 Å². The Morgan fingerprint density at radius 3 is 1.00 bits per heavy atom. The van der Waals surface area contributed by atoms with Crippen LogP contribution in [0.25, 0.3) is 0 Å². The Morgan fingerprint density at radius 2 is 1.00 bits per heavy atom. The zero-order valence-electron chi connectivity index (χ0n) is 10.9. The fraction of sp³-hybridized carbons (Fsp3) is 0.818. The van der Waals surface area contributed by atoms with E-state index in [0.717, 1.165) is 0 Å². The quantitative estimate of drug-likeness (QED) is 0.588. The van der Waals surface area contributed by atoms with Gasteiger partial charge in [-0.1, -0.05) is 27.7 Å². The number of aliphatic hydroxyl groups is 2. The maximum Gasteiger partial charge on any atom is 0.305 e. The molecule has 0 amide bonds. The summed E-state index contributed by atoms with van der Waals surface area (Å²) in [7, 11) is 0. The third kappa shape index (κ3) is 31.3. The number of carbonyl (C=O) groups is 2. The van der Waals surface area contributed by atoms with E-state index in [2.05, 4.69) is 0 Å². The molecule has 0 aliphatic rings. The van der Waals surface area contributed by atoms with Crippen LogP contribution in [-0.4, -0.2) is 45.6 Å². The Hall–Kier alpha value is -1.14. The van der Waals surface area contributed by atoms with Crippen LogP contribution < -0.4 is 0 Å². The molecule has 0 spiro atoms. The fourth-order valence-corrected chi connectivity index (χ4v) is 0.0707. The van der Waals surface area contributed by atoms with E-state index in [-0.39, 0.29) is 25.0 Å². The topological polar surface area (TPSA) is 115 Å². The highest BCUT2D eigenvalue weighted by atomic mass is 16.4. The largest absolute Gasteiger partial charge is 0.481 e. The van der Waals surface area contributed by atoms with Crippen molar-refractivity contribution in [2.24, 2.45) is 11.8 Å². The summed E-state index contributed by atoms with van der Waals surface area (Å²) in [5.74, 6) is -1.94. The summed E-state index contributed by atoms with van der Waals surface area (Å²) >= 11 is 0. The van der Waals surface area contributed by atoms with Crippen molar-refractivity contribution in [2.75, 3.05) is 13.2 Å². The van der Waals surface area contributed by atoms with Crippen LogP contribution >= 0.6 is 0 Å². The van der Waals surface area contributed by atoms with Crippen molar-refractivity contribution >= 4 is 11.9 Å². The summed E-state index contributed by atoms with van der Waals surface area (Å²) in [5, 5.41) is 31.8. The van der Waals surface area contributed by atoms with E-state index < -0.39 is 11.9 Å². The predicted molar refractivity (Wildman–Crippen MR) is 63.7 cm³/mol. The van der Waals surface area contributed by atoms with Crippen molar-refractivity contribution in [2.45, 2.75) is 34.1 Å². The standard InChI is InChI=1S/2C4H8O2.C3H8O2/c2*1-3(2)4(5)6;4-2-1-3-5/h2*3H,1-2H3,(H,5,6);4-5H,1-3H2. The summed E-state index contributed by atoms with van der Waals surface area (Å²) in [6.45, 7) is 6.75. The molecule has 0 aromatic rings. The molecule has 0 heterocycles. The molecule has 0 aliphatic heterocycles. The molecule has 6 nitrogen and oxygen atoms in total. The van der Waals surface area contributed by atoms with Gasteiger partial charge in [-0.05, 0) is 6.42 Å². The van der Waals surface area contributed by atoms with Crippen molar-refractivity contribution in [3.05, 3.63) is 0 Å². The van der Waals surface area contributed by atoms with Gasteiger partial charge in [0.1, 0.15) is 0 Å². The lowest BCUT2D eigenvalue weighted by Gasteiger charge is -1.89. The Balaban J connectivity index is -0.000000174. The van der Waals surface area contributed by atoms with E-state index in [1.54, 1.807) is 27.7 Å². The van der Waals surface area contributed by atoms with Crippen LogP contribution in [-0.2, 0) is 9.59 Å². The van der Waals surface area contributed by atoms with Crippen LogP contribution in [0.1, 0.15) is 34.1 Å². The van der Waals surface area contributed by atoms with E-state index in [9.17, 15) is 9.59 Å². The lowest BCUT2D eigenvalue weighted by atomic mass is 10.2. The van der Waals surface area contributed by atoms with E-state index in [4.69, 9.17) is 20.4 Å². The zero-order chi connectivity index (χ0) is 14.4. The molecule has 0 unspecified atom stereocenters. The van der Waals surface area contributed by atoms with Crippen LogP contribution in [0, 0.1) is 11.8 Å². The maximum atomic E-state index is 9.70. The first-order chi connectivity index (χ1) is 7.70. The lowest BCUT2D eigenvalue weighted by Crippen LogP contribution is -2.03. The molecule has 0 radical (unpaired) electrons. The van der Waals surface area contributed by atoms with Crippen LogP contribution in [0.2, 0.25) is 0 Å². The number of carboxylic acids is 2. The lowest BCUT2D eigenvalue weighted by molar-refractivity contribution is -0.141. The van der Waals surface area contributed by atoms with E-state index in [1.807, 2.05) is 0 Å². The van der Waals surface area contributed by atoms with Crippen LogP contribution in [0.4, 0.5) is 0 Å². The van der Waals surface area contributed by atoms with Crippen LogP contribution in [0.5, 0.6) is 0 Å². The zero-order valence-corrected chi connectivity index (χ0v) is 10.9. The van der Waals surface area contributed by atoms with Gasteiger partial charge in [-0.2, -0.15) is 0 Å². The number of hydrogen-bond donors (Lipinski definition) is 4. The number of carboxylic acid groups (broad SMARTS) is 2. The molecule has 104 valence electrons. The Labute approximate surface area is 102 Å². The molecule has 0 aromatic heterocycles. The van der Waals surface area contributed by atoms with Gasteiger partial charge in [0.15, 0.2) is 0 Å². The average molecular weight is 252 g/mol. The summed E-state index contributed by atoms with van der Waals surface area (Å²) in [6, 6.07) is 0. The fourth-order valence-electron chi connectivity index (χ4n) is 0.0707. The summed E-state index contributed by atoms with van der Waals surface area (Å²) in [6.07, 6.45) is 0.500. The summed E-state index contributed by atoms with van der Waals surface area (Å²) in [4.78, 5) is 19.4. The second kappa shape index (κ2) is 14.9. The highest BCUT2D eigenvalue weighted by Crippen LogP contribution is 1.87. The number of aliphatic carboxylic acids is 2. The molecule has 0 aromatic carbocycles. The second-order valence-electron chi connectivity index (χ2n) is 3.79. The Morgan fingerprint density at radius 1 is 0.824 bits per heavy atom. The van der Waals surface area contributed by atoms with Gasteiger partial charge < -0.3 is 20.4 Å². The molecule has 6 heteroatoms. The van der Waals surface area contributed by atoms with E-state index in [1.165, 1.54) is 0 Å². The van der Waals surface area contributed by atoms with Gasteiger partial charge in [-0.15, -0.1) is 0 Å². The highest BCUT2D eigenvalue weighted by Gasteiger charge is 1.99. The predicted octanol–water partition coefficient (Wildman–Crippen LogP) is 0.815. The van der Waals surface area contributed by atoms with E-state index in [0.29, 0.717) is 6.42 Å². The maximum absolute atomic E-state index is 9.70. The van der Waals surface area contributed by atoms with Crippen LogP contribution in [0.15, 0.2) is 0 Å². The van der Waals surface area contributed by atoms with Crippen molar-refractivity contribution < 1.29 is 30.0 Å². The van der Waals surface area contributed by atoms with Gasteiger partial charge in [0.25, 0.3) is 0 Å². The second-order valence-corrected chi connectivity index (χ2v) is 3.79. The van der Waals surface area contributed by atoms with Gasteiger partial charge in [0, 0.05) is 13.2 Å². The first-order valence-electron chi connectivity index (χ1n) is 5.37. The molecule has 0 atom stereocenters. The molecular weight excluding hydrogens is 228 g/mol. The molecule has 17 heavy (non-hydrogen) atoms. The van der Waals surface area contributed by atoms with Gasteiger partial charge in [0.2, 0.25) is 0 Å². The smallest absolute Gasteiger partial charge is 0.305 e. The molecule has 4 N–H and O–H groups in total. The van der Waals surface area contributed by atoms with Gasteiger partial charge in [-0.25, -0.2) is 0 Å². The minimum absolute atomic E-state index is 0.0938. The number of rotatable bonds is 4. The monoisotopic (exact) mass is 252 g/mol. The van der Waals surface area contributed by atoms with E-state index >= 15 is 0 Å². The van der Waals surface area contributed by atoms with Gasteiger partial charge in [0.05, 0.1) is 11.8 Å². The Bertz CT molecular complexity index is 168. The first-order valence-corrected chi connectivity index (χ1v) is 5.37. The van der Waals surface area contributed by atoms with Gasteiger partial charge in [-0.3, -0.25) is 9.59 Å². The summed E-state index contributed by atoms with van der Waals surface area (Å²) in [5.41, 5.74) is 0. The molecule has 0 rings (SSSR count). The third-order valence-electron chi connectivity index (χ3n) is 1.30. The molecule has 0 bridgehead atoms. The molecular formula is C11H24O6. The molecule has 0 saturated heterocycles. The normalized spacial score (nSPS) is 8.94. The first kappa shape index (κ1) is 21.2. The molecule has 0 aliphatic carbocycles. The van der Waals surface area contributed by atoms with Crippen molar-refractivity contribution in [3.8, 4) is 0 Å². The Kier molecular flexibility index (Phi) is 18.5. The minimum Gasteiger partial charge on any atom is -0.481 e. The highest BCUT2D eigenvalue weighted by molar-refractivity contribution is 5.69. The van der Waals surface area contributed by atoms with Crippen molar-refractivity contribution in [1.29, 1.82) is 0 Å². The SMILES string of the molecule is CC(C)C(=O)O.CC(C)C(=O)O.OCCCO. The average Bonchev–Trinajstić information content (AvgIpc) is 2.20. The van der Waals surface area contributed by atoms with Crippen molar-refractivity contribution in [3.63, 3.8) is 0 Å². The third-order valence-corrected chi connectivity index (χ3v) is 1.30. The minimum atomic E-state index is -0.741. The number of hydrogen-bond acceptors (Lipinski definition) is 4.